The first-order valence-electron chi connectivity index (χ1n) is 6.70. The van der Waals surface area contributed by atoms with Crippen LogP contribution >= 0.6 is 0 Å². The van der Waals surface area contributed by atoms with E-state index < -0.39 is 0 Å². The van der Waals surface area contributed by atoms with Gasteiger partial charge in [-0.25, -0.2) is 4.98 Å². The van der Waals surface area contributed by atoms with Crippen LogP contribution < -0.4 is 5.32 Å². The lowest BCUT2D eigenvalue weighted by molar-refractivity contribution is 0.0206. The summed E-state index contributed by atoms with van der Waals surface area (Å²) >= 11 is 0. The molecule has 1 aromatic rings. The standard InChI is InChI=1S/C13H21N3O/c1-10(11-3-2-4-11)16-9-15-7-12(16)13-8-14-5-6-17-13/h7,9-11,13-14H,2-6,8H2,1H3. The molecule has 1 aromatic heterocycles. The predicted molar refractivity (Wildman–Crippen MR) is 65.8 cm³/mol. The van der Waals surface area contributed by atoms with Gasteiger partial charge in [0.25, 0.3) is 0 Å². The van der Waals surface area contributed by atoms with Gasteiger partial charge in [0.05, 0.1) is 24.8 Å². The third kappa shape index (κ3) is 2.11. The first-order chi connectivity index (χ1) is 8.36. The number of rotatable bonds is 3. The highest BCUT2D eigenvalue weighted by Gasteiger charge is 2.28. The molecule has 2 aliphatic rings. The Hall–Kier alpha value is -0.870. The van der Waals surface area contributed by atoms with E-state index in [4.69, 9.17) is 4.74 Å². The minimum Gasteiger partial charge on any atom is -0.369 e. The Bertz CT molecular complexity index is 350. The van der Waals surface area contributed by atoms with E-state index in [0.717, 1.165) is 25.6 Å². The summed E-state index contributed by atoms with van der Waals surface area (Å²) < 4.78 is 8.14. The first-order valence-corrected chi connectivity index (χ1v) is 6.70. The summed E-state index contributed by atoms with van der Waals surface area (Å²) in [6.07, 6.45) is 8.23. The van der Waals surface area contributed by atoms with Gasteiger partial charge in [0.1, 0.15) is 6.10 Å². The fourth-order valence-corrected chi connectivity index (χ4v) is 2.81. The van der Waals surface area contributed by atoms with Crippen molar-refractivity contribution in [2.24, 2.45) is 5.92 Å². The molecule has 2 fully saturated rings. The molecule has 1 N–H and O–H groups in total. The van der Waals surface area contributed by atoms with E-state index in [-0.39, 0.29) is 6.10 Å². The molecule has 94 valence electrons. The molecule has 2 atom stereocenters. The normalized spacial score (nSPS) is 27.7. The molecule has 0 radical (unpaired) electrons. The average molecular weight is 235 g/mol. The van der Waals surface area contributed by atoms with Gasteiger partial charge in [-0.3, -0.25) is 0 Å². The third-order valence-corrected chi connectivity index (χ3v) is 4.22. The zero-order valence-electron chi connectivity index (χ0n) is 10.4. The summed E-state index contributed by atoms with van der Waals surface area (Å²) in [5, 5.41) is 3.38. The SMILES string of the molecule is CC(C1CCC1)n1cncc1C1CNCCO1. The van der Waals surface area contributed by atoms with Gasteiger partial charge >= 0.3 is 0 Å². The Morgan fingerprint density at radius 2 is 2.41 bits per heavy atom. The monoisotopic (exact) mass is 235 g/mol. The van der Waals surface area contributed by atoms with Crippen LogP contribution in [-0.2, 0) is 4.74 Å². The number of hydrogen-bond donors (Lipinski definition) is 1. The highest BCUT2D eigenvalue weighted by molar-refractivity contribution is 5.07. The third-order valence-electron chi connectivity index (χ3n) is 4.22. The number of morpholine rings is 1. The molecule has 0 aromatic carbocycles. The molecular weight excluding hydrogens is 214 g/mol. The van der Waals surface area contributed by atoms with E-state index in [9.17, 15) is 0 Å². The number of nitrogens with one attached hydrogen (secondary N) is 1. The van der Waals surface area contributed by atoms with Gasteiger partial charge in [-0.15, -0.1) is 0 Å². The molecule has 4 heteroatoms. The zero-order valence-corrected chi connectivity index (χ0v) is 10.4. The highest BCUT2D eigenvalue weighted by atomic mass is 16.5. The molecule has 17 heavy (non-hydrogen) atoms. The second kappa shape index (κ2) is 4.78. The Labute approximate surface area is 102 Å². The van der Waals surface area contributed by atoms with Gasteiger partial charge in [0, 0.05) is 19.1 Å². The van der Waals surface area contributed by atoms with Gasteiger partial charge < -0.3 is 14.6 Å². The predicted octanol–water partition coefficient (Wildman–Crippen LogP) is 1.91. The molecule has 0 spiro atoms. The van der Waals surface area contributed by atoms with Crippen molar-refractivity contribution < 1.29 is 4.74 Å². The van der Waals surface area contributed by atoms with Crippen LogP contribution in [0, 0.1) is 5.92 Å². The van der Waals surface area contributed by atoms with Crippen molar-refractivity contribution in [3.8, 4) is 0 Å². The molecule has 3 rings (SSSR count). The highest BCUT2D eigenvalue weighted by Crippen LogP contribution is 2.37. The van der Waals surface area contributed by atoms with Crippen molar-refractivity contribution in [3.05, 3.63) is 18.2 Å². The van der Waals surface area contributed by atoms with Crippen LogP contribution in [0.2, 0.25) is 0 Å². The van der Waals surface area contributed by atoms with Crippen molar-refractivity contribution in [2.75, 3.05) is 19.7 Å². The lowest BCUT2D eigenvalue weighted by Gasteiger charge is -2.34. The van der Waals surface area contributed by atoms with Crippen LogP contribution in [0.5, 0.6) is 0 Å². The summed E-state index contributed by atoms with van der Waals surface area (Å²) in [6, 6.07) is 0.562. The molecular formula is C13H21N3O. The van der Waals surface area contributed by atoms with Crippen molar-refractivity contribution in [1.29, 1.82) is 0 Å². The maximum atomic E-state index is 5.82. The fourth-order valence-electron chi connectivity index (χ4n) is 2.81. The maximum absolute atomic E-state index is 5.82. The fraction of sp³-hybridized carbons (Fsp3) is 0.769. The van der Waals surface area contributed by atoms with E-state index >= 15 is 0 Å². The molecule has 4 nitrogen and oxygen atoms in total. The first kappa shape index (κ1) is 11.2. The van der Waals surface area contributed by atoms with Crippen molar-refractivity contribution in [2.45, 2.75) is 38.3 Å². The number of hydrogen-bond acceptors (Lipinski definition) is 3. The summed E-state index contributed by atoms with van der Waals surface area (Å²) in [5.74, 6) is 0.833. The lowest BCUT2D eigenvalue weighted by atomic mass is 9.80. The van der Waals surface area contributed by atoms with Crippen molar-refractivity contribution in [1.82, 2.24) is 14.9 Å². The van der Waals surface area contributed by atoms with Gasteiger partial charge in [0.2, 0.25) is 0 Å². The van der Waals surface area contributed by atoms with Crippen molar-refractivity contribution >= 4 is 0 Å². The molecule has 0 amide bonds. The Morgan fingerprint density at radius 1 is 1.53 bits per heavy atom. The molecule has 1 saturated heterocycles. The summed E-state index contributed by atoms with van der Waals surface area (Å²) in [6.45, 7) is 4.98. The molecule has 2 heterocycles. The van der Waals surface area contributed by atoms with E-state index in [1.54, 1.807) is 0 Å². The Kier molecular flexibility index (Phi) is 3.16. The Balaban J connectivity index is 1.77. The van der Waals surface area contributed by atoms with Crippen LogP contribution in [-0.4, -0.2) is 29.2 Å². The number of ether oxygens (including phenoxy) is 1. The van der Waals surface area contributed by atoms with Crippen LogP contribution in [0.3, 0.4) is 0 Å². The molecule has 2 unspecified atom stereocenters. The van der Waals surface area contributed by atoms with Gasteiger partial charge in [-0.2, -0.15) is 0 Å². The number of nitrogens with zero attached hydrogens (tertiary/aromatic N) is 2. The van der Waals surface area contributed by atoms with Crippen molar-refractivity contribution in [3.63, 3.8) is 0 Å². The second-order valence-electron chi connectivity index (χ2n) is 5.22. The molecule has 1 aliphatic heterocycles. The van der Waals surface area contributed by atoms with E-state index in [0.29, 0.717) is 6.04 Å². The van der Waals surface area contributed by atoms with E-state index in [2.05, 4.69) is 21.8 Å². The topological polar surface area (TPSA) is 39.1 Å². The van der Waals surface area contributed by atoms with Crippen LogP contribution in [0.25, 0.3) is 0 Å². The van der Waals surface area contributed by atoms with Crippen LogP contribution in [0.4, 0.5) is 0 Å². The zero-order chi connectivity index (χ0) is 11.7. The summed E-state index contributed by atoms with van der Waals surface area (Å²) in [5.41, 5.74) is 1.23. The number of aromatic nitrogens is 2. The number of imidazole rings is 1. The minimum absolute atomic E-state index is 0.175. The molecule has 0 bridgehead atoms. The Morgan fingerprint density at radius 3 is 3.06 bits per heavy atom. The quantitative estimate of drug-likeness (QED) is 0.869. The molecule has 1 saturated carbocycles. The summed E-state index contributed by atoms with van der Waals surface area (Å²) in [4.78, 5) is 4.31. The largest absolute Gasteiger partial charge is 0.369 e. The lowest BCUT2D eigenvalue weighted by Crippen LogP contribution is -2.35. The van der Waals surface area contributed by atoms with Gasteiger partial charge in [0.15, 0.2) is 0 Å². The van der Waals surface area contributed by atoms with Gasteiger partial charge in [-0.05, 0) is 25.7 Å². The average Bonchev–Trinajstić information content (AvgIpc) is 2.76. The summed E-state index contributed by atoms with van der Waals surface area (Å²) in [7, 11) is 0. The van der Waals surface area contributed by atoms with Crippen LogP contribution in [0.1, 0.15) is 44.0 Å². The maximum Gasteiger partial charge on any atom is 0.111 e. The van der Waals surface area contributed by atoms with Gasteiger partial charge in [-0.1, -0.05) is 6.42 Å². The smallest absolute Gasteiger partial charge is 0.111 e. The molecule has 1 aliphatic carbocycles. The van der Waals surface area contributed by atoms with E-state index in [1.165, 1.54) is 25.0 Å². The second-order valence-corrected chi connectivity index (χ2v) is 5.22. The minimum atomic E-state index is 0.175. The van der Waals surface area contributed by atoms with Crippen LogP contribution in [0.15, 0.2) is 12.5 Å². The van der Waals surface area contributed by atoms with E-state index in [1.807, 2.05) is 12.5 Å².